The van der Waals surface area contributed by atoms with Gasteiger partial charge in [0.05, 0.1) is 13.2 Å². The monoisotopic (exact) mass is 497 g/mol. The molecule has 1 amide bonds. The second kappa shape index (κ2) is 16.7. The number of ketones is 1. The van der Waals surface area contributed by atoms with Gasteiger partial charge >= 0.3 is 0 Å². The third-order valence-electron chi connectivity index (χ3n) is 6.18. The summed E-state index contributed by atoms with van der Waals surface area (Å²) >= 11 is 0. The van der Waals surface area contributed by atoms with Gasteiger partial charge in [-0.15, -0.1) is 0 Å². The van der Waals surface area contributed by atoms with Gasteiger partial charge in [0.25, 0.3) is 5.91 Å². The zero-order valence-corrected chi connectivity index (χ0v) is 22.3. The van der Waals surface area contributed by atoms with Crippen LogP contribution >= 0.6 is 0 Å². The molecule has 7 nitrogen and oxygen atoms in total. The highest BCUT2D eigenvalue weighted by molar-refractivity contribution is 5.98. The molecule has 0 saturated heterocycles. The van der Waals surface area contributed by atoms with E-state index in [2.05, 4.69) is 36.3 Å². The highest BCUT2D eigenvalue weighted by atomic mass is 16.5. The summed E-state index contributed by atoms with van der Waals surface area (Å²) in [6.07, 6.45) is 2.65. The number of benzene rings is 2. The molecule has 0 fully saturated rings. The number of amides is 1. The average molecular weight is 498 g/mol. The topological polar surface area (TPSA) is 79.9 Å². The molecule has 0 aliphatic carbocycles. The summed E-state index contributed by atoms with van der Waals surface area (Å²) in [5.74, 6) is 1.25. The molecule has 0 heterocycles. The Labute approximate surface area is 216 Å². The molecule has 36 heavy (non-hydrogen) atoms. The van der Waals surface area contributed by atoms with E-state index in [1.54, 1.807) is 31.4 Å². The minimum atomic E-state index is -0.597. The van der Waals surface area contributed by atoms with Crippen LogP contribution in [0.4, 0.5) is 0 Å². The smallest absolute Gasteiger partial charge is 0.251 e. The Kier molecular flexibility index (Phi) is 13.6. The minimum absolute atomic E-state index is 0.0368. The predicted molar refractivity (Wildman–Crippen MR) is 145 cm³/mol. The normalized spacial score (nSPS) is 11.8. The fourth-order valence-electron chi connectivity index (χ4n) is 3.88. The van der Waals surface area contributed by atoms with Crippen molar-refractivity contribution in [2.75, 3.05) is 46.4 Å². The second-order valence-corrected chi connectivity index (χ2v) is 8.80. The fourth-order valence-corrected chi connectivity index (χ4v) is 3.88. The first-order chi connectivity index (χ1) is 17.5. The molecule has 0 aliphatic heterocycles. The van der Waals surface area contributed by atoms with Crippen LogP contribution in [-0.2, 0) is 11.2 Å². The molecule has 0 spiro atoms. The standard InChI is InChI=1S/C29H43N3O4/c1-5-18-30-19-8-9-28(33)27(31-29(34)24-12-16-25(35-4)17-13-24)22-23-10-14-26(15-11-23)36-21-20-32(6-2)7-3/h10-17,27,30H,5-9,18-22H2,1-4H3,(H,31,34). The summed E-state index contributed by atoms with van der Waals surface area (Å²) in [7, 11) is 1.58. The van der Waals surface area contributed by atoms with Crippen LogP contribution in [0.25, 0.3) is 0 Å². The van der Waals surface area contributed by atoms with Crippen molar-refractivity contribution in [1.29, 1.82) is 0 Å². The van der Waals surface area contributed by atoms with Crippen molar-refractivity contribution in [2.24, 2.45) is 0 Å². The van der Waals surface area contributed by atoms with Gasteiger partial charge in [-0.25, -0.2) is 0 Å². The quantitative estimate of drug-likeness (QED) is 0.302. The Hall–Kier alpha value is -2.90. The molecule has 0 radical (unpaired) electrons. The van der Waals surface area contributed by atoms with Gasteiger partial charge in [0.15, 0.2) is 5.78 Å². The van der Waals surface area contributed by atoms with Crippen LogP contribution in [0.5, 0.6) is 11.5 Å². The number of hydrogen-bond acceptors (Lipinski definition) is 6. The van der Waals surface area contributed by atoms with Crippen LogP contribution < -0.4 is 20.1 Å². The van der Waals surface area contributed by atoms with E-state index in [1.807, 2.05) is 24.3 Å². The zero-order valence-electron chi connectivity index (χ0n) is 22.3. The Morgan fingerprint density at radius 3 is 2.19 bits per heavy atom. The lowest BCUT2D eigenvalue weighted by Gasteiger charge is -2.19. The third kappa shape index (κ3) is 10.4. The third-order valence-corrected chi connectivity index (χ3v) is 6.18. The molecular weight excluding hydrogens is 454 g/mol. The molecule has 2 rings (SSSR count). The van der Waals surface area contributed by atoms with Gasteiger partial charge in [-0.2, -0.15) is 0 Å². The molecule has 0 saturated carbocycles. The Bertz CT molecular complexity index is 896. The van der Waals surface area contributed by atoms with Gasteiger partial charge in [-0.1, -0.05) is 32.9 Å². The molecule has 2 aromatic carbocycles. The number of rotatable bonds is 18. The number of ether oxygens (including phenoxy) is 2. The minimum Gasteiger partial charge on any atom is -0.497 e. The predicted octanol–water partition coefficient (Wildman–Crippen LogP) is 4.11. The number of methoxy groups -OCH3 is 1. The molecule has 2 aromatic rings. The number of likely N-dealkylation sites (N-methyl/N-ethyl adjacent to an activating group) is 1. The molecule has 0 aromatic heterocycles. The van der Waals surface area contributed by atoms with Crippen molar-refractivity contribution >= 4 is 11.7 Å². The van der Waals surface area contributed by atoms with Gasteiger partial charge < -0.3 is 25.0 Å². The molecular formula is C29H43N3O4. The highest BCUT2D eigenvalue weighted by Crippen LogP contribution is 2.16. The van der Waals surface area contributed by atoms with E-state index in [-0.39, 0.29) is 11.7 Å². The van der Waals surface area contributed by atoms with Gasteiger partial charge in [-0.3, -0.25) is 9.59 Å². The largest absolute Gasteiger partial charge is 0.497 e. The number of Topliss-reactive ketones (excluding diaryl/α,β-unsaturated/α-hetero) is 1. The van der Waals surface area contributed by atoms with E-state index in [0.29, 0.717) is 30.8 Å². The van der Waals surface area contributed by atoms with Crippen LogP contribution in [0.1, 0.15) is 56.0 Å². The molecule has 2 N–H and O–H groups in total. The van der Waals surface area contributed by atoms with Crippen molar-refractivity contribution in [2.45, 2.75) is 52.5 Å². The van der Waals surface area contributed by atoms with Crippen LogP contribution in [0, 0.1) is 0 Å². The number of carbonyl (C=O) groups is 2. The van der Waals surface area contributed by atoms with Crippen molar-refractivity contribution in [3.05, 3.63) is 59.7 Å². The summed E-state index contributed by atoms with van der Waals surface area (Å²) in [6, 6.07) is 14.1. The molecule has 0 bridgehead atoms. The SMILES string of the molecule is CCCNCCCC(=O)C(Cc1ccc(OCCN(CC)CC)cc1)NC(=O)c1ccc(OC)cc1. The fraction of sp³-hybridized carbons (Fsp3) is 0.517. The summed E-state index contributed by atoms with van der Waals surface area (Å²) in [5, 5.41) is 6.28. The summed E-state index contributed by atoms with van der Waals surface area (Å²) in [6.45, 7) is 11.7. The number of nitrogens with zero attached hydrogens (tertiary/aromatic N) is 1. The second-order valence-electron chi connectivity index (χ2n) is 8.80. The van der Waals surface area contributed by atoms with Gasteiger partial charge in [0.1, 0.15) is 18.1 Å². The van der Waals surface area contributed by atoms with E-state index in [4.69, 9.17) is 9.47 Å². The van der Waals surface area contributed by atoms with Crippen LogP contribution in [0.2, 0.25) is 0 Å². The summed E-state index contributed by atoms with van der Waals surface area (Å²) in [4.78, 5) is 28.3. The molecule has 1 unspecified atom stereocenters. The van der Waals surface area contributed by atoms with E-state index >= 15 is 0 Å². The van der Waals surface area contributed by atoms with Crippen molar-refractivity contribution in [1.82, 2.24) is 15.5 Å². The first-order valence-electron chi connectivity index (χ1n) is 13.1. The highest BCUT2D eigenvalue weighted by Gasteiger charge is 2.21. The lowest BCUT2D eigenvalue weighted by Crippen LogP contribution is -2.42. The number of carbonyl (C=O) groups excluding carboxylic acids is 2. The maximum atomic E-state index is 13.1. The molecule has 198 valence electrons. The lowest BCUT2D eigenvalue weighted by atomic mass is 9.99. The van der Waals surface area contributed by atoms with Crippen molar-refractivity contribution in [3.63, 3.8) is 0 Å². The van der Waals surface area contributed by atoms with Gasteiger partial charge in [0.2, 0.25) is 0 Å². The van der Waals surface area contributed by atoms with Gasteiger partial charge in [0, 0.05) is 18.5 Å². The van der Waals surface area contributed by atoms with E-state index < -0.39 is 6.04 Å². The molecule has 1 atom stereocenters. The van der Waals surface area contributed by atoms with E-state index in [0.717, 1.165) is 56.9 Å². The summed E-state index contributed by atoms with van der Waals surface area (Å²) in [5.41, 5.74) is 1.47. The van der Waals surface area contributed by atoms with Crippen molar-refractivity contribution < 1.29 is 19.1 Å². The maximum absolute atomic E-state index is 13.1. The van der Waals surface area contributed by atoms with Crippen LogP contribution in [-0.4, -0.2) is 69.1 Å². The average Bonchev–Trinajstić information content (AvgIpc) is 2.91. The van der Waals surface area contributed by atoms with Crippen molar-refractivity contribution in [3.8, 4) is 11.5 Å². The van der Waals surface area contributed by atoms with Crippen LogP contribution in [0.3, 0.4) is 0 Å². The Balaban J connectivity index is 2.01. The molecule has 7 heteroatoms. The van der Waals surface area contributed by atoms with Crippen LogP contribution in [0.15, 0.2) is 48.5 Å². The number of hydrogen-bond donors (Lipinski definition) is 2. The maximum Gasteiger partial charge on any atom is 0.251 e. The van der Waals surface area contributed by atoms with E-state index in [1.165, 1.54) is 0 Å². The first kappa shape index (κ1) is 29.3. The Morgan fingerprint density at radius 1 is 0.917 bits per heavy atom. The zero-order chi connectivity index (χ0) is 26.2. The summed E-state index contributed by atoms with van der Waals surface area (Å²) < 4.78 is 11.1. The Morgan fingerprint density at radius 2 is 1.58 bits per heavy atom. The van der Waals surface area contributed by atoms with E-state index in [9.17, 15) is 9.59 Å². The van der Waals surface area contributed by atoms with Gasteiger partial charge in [-0.05, 0) is 87.4 Å². The first-order valence-corrected chi connectivity index (χ1v) is 13.1. The number of nitrogens with one attached hydrogen (secondary N) is 2. The molecule has 0 aliphatic rings. The lowest BCUT2D eigenvalue weighted by molar-refractivity contribution is -0.121.